The summed E-state index contributed by atoms with van der Waals surface area (Å²) < 4.78 is 5.44. The molecule has 0 bridgehead atoms. The molecule has 6 nitrogen and oxygen atoms in total. The van der Waals surface area contributed by atoms with Crippen LogP contribution in [0.2, 0.25) is 0 Å². The van der Waals surface area contributed by atoms with Crippen LogP contribution in [0.25, 0.3) is 0 Å². The van der Waals surface area contributed by atoms with Crippen molar-refractivity contribution < 1.29 is 24.5 Å². The van der Waals surface area contributed by atoms with Gasteiger partial charge in [-0.25, -0.2) is 0 Å². The number of aliphatic hydroxyl groups is 2. The molecule has 0 heterocycles. The lowest BCUT2D eigenvalue weighted by molar-refractivity contribution is -0.143. The monoisotopic (exact) mass is 888 g/mol. The Balaban J connectivity index is 3.51. The number of esters is 1. The van der Waals surface area contributed by atoms with E-state index in [1.54, 1.807) is 0 Å². The molecule has 0 radical (unpaired) electrons. The quantitative estimate of drug-likeness (QED) is 0.0321. The van der Waals surface area contributed by atoms with Gasteiger partial charge in [-0.05, 0) is 77.0 Å². The molecule has 0 fully saturated rings. The van der Waals surface area contributed by atoms with Gasteiger partial charge in [0.1, 0.15) is 0 Å². The second-order valence-electron chi connectivity index (χ2n) is 19.3. The Morgan fingerprint density at radius 2 is 0.746 bits per heavy atom. The maximum atomic E-state index is 12.5. The van der Waals surface area contributed by atoms with Crippen LogP contribution < -0.4 is 5.32 Å². The van der Waals surface area contributed by atoms with Crippen molar-refractivity contribution >= 4 is 11.9 Å². The first-order chi connectivity index (χ1) is 31.0. The minimum Gasteiger partial charge on any atom is -0.466 e. The fraction of sp³-hybridized carbons (Fsp3) is 0.895. The fourth-order valence-corrected chi connectivity index (χ4v) is 8.63. The van der Waals surface area contributed by atoms with Gasteiger partial charge in [0.05, 0.1) is 25.4 Å². The molecule has 0 aliphatic heterocycles. The van der Waals surface area contributed by atoms with Gasteiger partial charge >= 0.3 is 5.97 Å². The van der Waals surface area contributed by atoms with Gasteiger partial charge in [0, 0.05) is 12.8 Å². The Hall–Kier alpha value is -1.66. The van der Waals surface area contributed by atoms with E-state index >= 15 is 0 Å². The summed E-state index contributed by atoms with van der Waals surface area (Å²) in [7, 11) is 0. The largest absolute Gasteiger partial charge is 0.466 e. The van der Waals surface area contributed by atoms with Gasteiger partial charge in [-0.1, -0.05) is 237 Å². The summed E-state index contributed by atoms with van der Waals surface area (Å²) in [5.74, 6) is -0.100. The first-order valence-corrected chi connectivity index (χ1v) is 28.1. The second kappa shape index (κ2) is 53.0. The Labute approximate surface area is 392 Å². The molecule has 0 aromatic heterocycles. The molecule has 0 saturated carbocycles. The van der Waals surface area contributed by atoms with Gasteiger partial charge in [0.2, 0.25) is 5.91 Å². The van der Waals surface area contributed by atoms with E-state index < -0.39 is 12.1 Å². The number of ether oxygens (including phenoxy) is 1. The van der Waals surface area contributed by atoms with Gasteiger partial charge < -0.3 is 20.3 Å². The highest BCUT2D eigenvalue weighted by Crippen LogP contribution is 2.17. The molecule has 2 unspecified atom stereocenters. The van der Waals surface area contributed by atoms with Crippen molar-refractivity contribution in [3.8, 4) is 0 Å². The SMILES string of the molecule is CCCCCCCCC/C=C\CCCCCCCC(=O)OCCCC/C=C\CCCCCCCC(=O)NC(CO)C(O)CCCCCCCCCCCCCCCCCCCCC. The van der Waals surface area contributed by atoms with Crippen molar-refractivity contribution in [2.75, 3.05) is 13.2 Å². The average molecular weight is 889 g/mol. The fourth-order valence-electron chi connectivity index (χ4n) is 8.63. The highest BCUT2D eigenvalue weighted by atomic mass is 16.5. The summed E-state index contributed by atoms with van der Waals surface area (Å²) in [5.41, 5.74) is 0. The van der Waals surface area contributed by atoms with Crippen molar-refractivity contribution in [1.82, 2.24) is 5.32 Å². The van der Waals surface area contributed by atoms with Gasteiger partial charge in [0.25, 0.3) is 0 Å². The number of nitrogens with one attached hydrogen (secondary N) is 1. The van der Waals surface area contributed by atoms with Crippen molar-refractivity contribution in [1.29, 1.82) is 0 Å². The van der Waals surface area contributed by atoms with Gasteiger partial charge in [0.15, 0.2) is 0 Å². The maximum absolute atomic E-state index is 12.5. The van der Waals surface area contributed by atoms with Crippen LogP contribution in [0.15, 0.2) is 24.3 Å². The normalized spacial score (nSPS) is 12.8. The average Bonchev–Trinajstić information content (AvgIpc) is 3.28. The highest BCUT2D eigenvalue weighted by molar-refractivity contribution is 5.76. The van der Waals surface area contributed by atoms with E-state index in [0.717, 1.165) is 83.5 Å². The number of hydrogen-bond acceptors (Lipinski definition) is 5. The Morgan fingerprint density at radius 3 is 1.13 bits per heavy atom. The lowest BCUT2D eigenvalue weighted by atomic mass is 10.0. The molecular weight excluding hydrogens is 779 g/mol. The number of carbonyl (C=O) groups is 2. The minimum absolute atomic E-state index is 0.0380. The van der Waals surface area contributed by atoms with E-state index in [1.165, 1.54) is 186 Å². The van der Waals surface area contributed by atoms with Crippen molar-refractivity contribution in [3.05, 3.63) is 24.3 Å². The standard InChI is InChI=1S/C57H109NO5/c1-3-5-7-9-11-13-15-17-19-21-22-23-24-26-29-33-37-41-45-49-55(60)54(53-59)58-56(61)50-46-42-38-34-30-28-32-36-40-44-48-52-63-57(62)51-47-43-39-35-31-27-25-20-18-16-14-12-10-8-6-4-2/h20,25,32,36,54-55,59-60H,3-19,21-24,26-31,33-35,37-53H2,1-2H3,(H,58,61)/b25-20-,36-32-. The van der Waals surface area contributed by atoms with Crippen LogP contribution in [0.3, 0.4) is 0 Å². The summed E-state index contributed by atoms with van der Waals surface area (Å²) in [5, 5.41) is 23.3. The lowest BCUT2D eigenvalue weighted by Gasteiger charge is -2.22. The van der Waals surface area contributed by atoms with Gasteiger partial charge in [-0.2, -0.15) is 0 Å². The molecule has 0 aliphatic rings. The molecule has 0 rings (SSSR count). The van der Waals surface area contributed by atoms with Crippen LogP contribution in [0.1, 0.15) is 303 Å². The van der Waals surface area contributed by atoms with Crippen LogP contribution in [0.5, 0.6) is 0 Å². The van der Waals surface area contributed by atoms with Crippen LogP contribution in [0.4, 0.5) is 0 Å². The van der Waals surface area contributed by atoms with Crippen LogP contribution in [-0.4, -0.2) is 47.4 Å². The molecule has 0 spiro atoms. The van der Waals surface area contributed by atoms with Crippen molar-refractivity contribution in [2.24, 2.45) is 0 Å². The molecule has 2 atom stereocenters. The van der Waals surface area contributed by atoms with Crippen molar-refractivity contribution in [3.63, 3.8) is 0 Å². The predicted molar refractivity (Wildman–Crippen MR) is 273 cm³/mol. The summed E-state index contributed by atoms with van der Waals surface area (Å²) >= 11 is 0. The molecule has 1 amide bonds. The molecule has 0 aliphatic carbocycles. The summed E-state index contributed by atoms with van der Waals surface area (Å²) in [6, 6.07) is -0.563. The maximum Gasteiger partial charge on any atom is 0.305 e. The van der Waals surface area contributed by atoms with Crippen LogP contribution in [0, 0.1) is 0 Å². The number of unbranched alkanes of at least 4 members (excludes halogenated alkanes) is 37. The highest BCUT2D eigenvalue weighted by Gasteiger charge is 2.20. The summed E-state index contributed by atoms with van der Waals surface area (Å²) in [4.78, 5) is 24.5. The van der Waals surface area contributed by atoms with E-state index in [0.29, 0.717) is 25.9 Å². The zero-order valence-electron chi connectivity index (χ0n) is 42.3. The summed E-state index contributed by atoms with van der Waals surface area (Å²) in [6.45, 7) is 4.88. The molecule has 63 heavy (non-hydrogen) atoms. The second-order valence-corrected chi connectivity index (χ2v) is 19.3. The van der Waals surface area contributed by atoms with E-state index in [9.17, 15) is 19.8 Å². The van der Waals surface area contributed by atoms with Gasteiger partial charge in [-0.3, -0.25) is 9.59 Å². The first-order valence-electron chi connectivity index (χ1n) is 28.1. The van der Waals surface area contributed by atoms with E-state index in [4.69, 9.17) is 4.74 Å². The first kappa shape index (κ1) is 61.3. The summed E-state index contributed by atoms with van der Waals surface area (Å²) in [6.07, 6.45) is 63.0. The third-order valence-corrected chi connectivity index (χ3v) is 13.0. The molecule has 3 N–H and O–H groups in total. The number of carbonyl (C=O) groups excluding carboxylic acids is 2. The Bertz CT molecular complexity index is 982. The Morgan fingerprint density at radius 1 is 0.429 bits per heavy atom. The van der Waals surface area contributed by atoms with Crippen molar-refractivity contribution in [2.45, 2.75) is 315 Å². The van der Waals surface area contributed by atoms with Crippen LogP contribution >= 0.6 is 0 Å². The number of hydrogen-bond donors (Lipinski definition) is 3. The molecular formula is C57H109NO5. The number of amides is 1. The van der Waals surface area contributed by atoms with E-state index in [-0.39, 0.29) is 18.5 Å². The third-order valence-electron chi connectivity index (χ3n) is 13.0. The number of rotatable bonds is 52. The third kappa shape index (κ3) is 49.6. The zero-order valence-corrected chi connectivity index (χ0v) is 42.3. The Kier molecular flexibility index (Phi) is 51.6. The predicted octanol–water partition coefficient (Wildman–Crippen LogP) is 17.1. The zero-order chi connectivity index (χ0) is 45.8. The van der Waals surface area contributed by atoms with E-state index in [2.05, 4.69) is 43.5 Å². The molecule has 0 aromatic rings. The molecule has 6 heteroatoms. The van der Waals surface area contributed by atoms with Gasteiger partial charge in [-0.15, -0.1) is 0 Å². The lowest BCUT2D eigenvalue weighted by Crippen LogP contribution is -2.45. The molecule has 372 valence electrons. The minimum atomic E-state index is -0.683. The molecule has 0 aromatic carbocycles. The van der Waals surface area contributed by atoms with E-state index in [1.807, 2.05) is 0 Å². The topological polar surface area (TPSA) is 95.9 Å². The number of aliphatic hydroxyl groups excluding tert-OH is 2. The van der Waals surface area contributed by atoms with Crippen LogP contribution in [-0.2, 0) is 14.3 Å². The molecule has 0 saturated heterocycles. The number of allylic oxidation sites excluding steroid dienone is 4. The smallest absolute Gasteiger partial charge is 0.305 e.